The lowest BCUT2D eigenvalue weighted by molar-refractivity contribution is -0.138. The Hall–Kier alpha value is -3.09. The van der Waals surface area contributed by atoms with Crippen molar-refractivity contribution in [2.24, 2.45) is 0 Å². The molecule has 7 heteroatoms. The van der Waals surface area contributed by atoms with Crippen LogP contribution >= 0.6 is 0 Å². The van der Waals surface area contributed by atoms with E-state index in [0.717, 1.165) is 6.42 Å². The first-order valence-corrected chi connectivity index (χ1v) is 9.35. The van der Waals surface area contributed by atoms with E-state index >= 15 is 0 Å². The number of benzene rings is 2. The Bertz CT molecular complexity index is 902. The van der Waals surface area contributed by atoms with Gasteiger partial charge in [-0.25, -0.2) is 4.39 Å². The molecule has 1 saturated heterocycles. The van der Waals surface area contributed by atoms with Crippen LogP contribution in [0.5, 0.6) is 11.5 Å². The first kappa shape index (κ1) is 18.3. The SMILES string of the molecule is O=C1C[C@@H](Nc2ccc3c(c2)OCCCO3)C(=O)N1CCc1ccccc1F. The maximum atomic E-state index is 13.8. The third-order valence-electron chi connectivity index (χ3n) is 4.89. The van der Waals surface area contributed by atoms with E-state index in [9.17, 15) is 14.0 Å². The summed E-state index contributed by atoms with van der Waals surface area (Å²) >= 11 is 0. The van der Waals surface area contributed by atoms with Crippen LogP contribution in [0, 0.1) is 5.82 Å². The zero-order valence-electron chi connectivity index (χ0n) is 15.3. The Morgan fingerprint density at radius 3 is 2.68 bits per heavy atom. The third-order valence-corrected chi connectivity index (χ3v) is 4.89. The molecule has 0 unspecified atom stereocenters. The molecule has 0 aliphatic carbocycles. The quantitative estimate of drug-likeness (QED) is 0.803. The lowest BCUT2D eigenvalue weighted by Crippen LogP contribution is -2.36. The topological polar surface area (TPSA) is 67.9 Å². The van der Waals surface area contributed by atoms with E-state index in [0.29, 0.717) is 42.4 Å². The molecule has 1 atom stereocenters. The molecular formula is C21H21FN2O4. The summed E-state index contributed by atoms with van der Waals surface area (Å²) in [6, 6.07) is 11.1. The highest BCUT2D eigenvalue weighted by molar-refractivity contribution is 6.06. The molecule has 0 bridgehead atoms. The number of fused-ring (bicyclic) bond motifs is 1. The van der Waals surface area contributed by atoms with Gasteiger partial charge in [-0.3, -0.25) is 14.5 Å². The number of nitrogens with zero attached hydrogens (tertiary/aromatic N) is 1. The number of carbonyl (C=O) groups excluding carboxylic acids is 2. The molecule has 2 heterocycles. The number of hydrogen-bond donors (Lipinski definition) is 1. The monoisotopic (exact) mass is 384 g/mol. The van der Waals surface area contributed by atoms with E-state index in [-0.39, 0.29) is 30.6 Å². The van der Waals surface area contributed by atoms with E-state index in [1.165, 1.54) is 11.0 Å². The normalized spacial score (nSPS) is 18.9. The molecule has 2 aromatic rings. The first-order chi connectivity index (χ1) is 13.6. The number of likely N-dealkylation sites (tertiary alicyclic amines) is 1. The van der Waals surface area contributed by atoms with Gasteiger partial charge in [-0.15, -0.1) is 0 Å². The Morgan fingerprint density at radius 1 is 1.07 bits per heavy atom. The average Bonchev–Trinajstić information content (AvgIpc) is 2.86. The lowest BCUT2D eigenvalue weighted by Gasteiger charge is -2.17. The van der Waals surface area contributed by atoms with Gasteiger partial charge in [0.2, 0.25) is 5.91 Å². The summed E-state index contributed by atoms with van der Waals surface area (Å²) in [6.45, 7) is 1.34. The fourth-order valence-electron chi connectivity index (χ4n) is 3.42. The van der Waals surface area contributed by atoms with Crippen LogP contribution in [0.15, 0.2) is 42.5 Å². The molecule has 1 fully saturated rings. The van der Waals surface area contributed by atoms with Crippen LogP contribution in [0.2, 0.25) is 0 Å². The smallest absolute Gasteiger partial charge is 0.252 e. The van der Waals surface area contributed by atoms with Crippen LogP contribution in [0.1, 0.15) is 18.4 Å². The van der Waals surface area contributed by atoms with Crippen LogP contribution in [0.3, 0.4) is 0 Å². The largest absolute Gasteiger partial charge is 0.490 e. The summed E-state index contributed by atoms with van der Waals surface area (Å²) in [5.74, 6) is 0.407. The summed E-state index contributed by atoms with van der Waals surface area (Å²) in [7, 11) is 0. The molecule has 0 spiro atoms. The van der Waals surface area contributed by atoms with Crippen molar-refractivity contribution in [3.05, 3.63) is 53.8 Å². The maximum Gasteiger partial charge on any atom is 0.252 e. The molecule has 2 aromatic carbocycles. The fourth-order valence-corrected chi connectivity index (χ4v) is 3.42. The molecule has 2 aliphatic rings. The second-order valence-electron chi connectivity index (χ2n) is 6.84. The van der Waals surface area contributed by atoms with Crippen molar-refractivity contribution in [3.63, 3.8) is 0 Å². The standard InChI is InChI=1S/C21H21FN2O4/c22-16-5-2-1-4-14(16)8-9-24-20(25)13-17(21(24)26)23-15-6-7-18-19(12-15)28-11-3-10-27-18/h1-2,4-7,12,17,23H,3,8-11,13H2/t17-/m1/s1. The number of carbonyl (C=O) groups is 2. The summed E-state index contributed by atoms with van der Waals surface area (Å²) < 4.78 is 25.0. The van der Waals surface area contributed by atoms with Gasteiger partial charge in [-0.2, -0.15) is 0 Å². The van der Waals surface area contributed by atoms with Crippen LogP contribution in [0.4, 0.5) is 10.1 Å². The highest BCUT2D eigenvalue weighted by atomic mass is 19.1. The maximum absolute atomic E-state index is 13.8. The van der Waals surface area contributed by atoms with Crippen LogP contribution < -0.4 is 14.8 Å². The first-order valence-electron chi connectivity index (χ1n) is 9.35. The van der Waals surface area contributed by atoms with E-state index in [1.54, 1.807) is 36.4 Å². The Balaban J connectivity index is 1.41. The zero-order valence-corrected chi connectivity index (χ0v) is 15.3. The van der Waals surface area contributed by atoms with Gasteiger partial charge >= 0.3 is 0 Å². The number of ether oxygens (including phenoxy) is 2. The highest BCUT2D eigenvalue weighted by Crippen LogP contribution is 2.33. The number of anilines is 1. The van der Waals surface area contributed by atoms with Gasteiger partial charge in [0.25, 0.3) is 5.91 Å². The zero-order chi connectivity index (χ0) is 19.5. The van der Waals surface area contributed by atoms with Crippen molar-refractivity contribution in [2.75, 3.05) is 25.1 Å². The Morgan fingerprint density at radius 2 is 1.86 bits per heavy atom. The summed E-state index contributed by atoms with van der Waals surface area (Å²) in [4.78, 5) is 26.2. The van der Waals surface area contributed by atoms with Crippen molar-refractivity contribution in [2.45, 2.75) is 25.3 Å². The Kier molecular flexibility index (Phi) is 5.14. The molecule has 2 amide bonds. The molecule has 1 N–H and O–H groups in total. The molecule has 2 aliphatic heterocycles. The van der Waals surface area contributed by atoms with Crippen molar-refractivity contribution in [1.29, 1.82) is 0 Å². The minimum absolute atomic E-state index is 0.0740. The van der Waals surface area contributed by atoms with Crippen LogP contribution in [0.25, 0.3) is 0 Å². The minimum Gasteiger partial charge on any atom is -0.490 e. The Labute approximate surface area is 162 Å². The second-order valence-corrected chi connectivity index (χ2v) is 6.84. The molecule has 0 saturated carbocycles. The second kappa shape index (κ2) is 7.88. The highest BCUT2D eigenvalue weighted by Gasteiger charge is 2.38. The van der Waals surface area contributed by atoms with E-state index in [2.05, 4.69) is 5.32 Å². The molecule has 0 aromatic heterocycles. The van der Waals surface area contributed by atoms with E-state index in [1.807, 2.05) is 0 Å². The number of halogens is 1. The predicted octanol–water partition coefficient (Wildman–Crippen LogP) is 2.77. The molecule has 28 heavy (non-hydrogen) atoms. The molecule has 0 radical (unpaired) electrons. The predicted molar refractivity (Wildman–Crippen MR) is 101 cm³/mol. The number of hydrogen-bond acceptors (Lipinski definition) is 5. The molecular weight excluding hydrogens is 363 g/mol. The van der Waals surface area contributed by atoms with Gasteiger partial charge in [0.05, 0.1) is 19.6 Å². The van der Waals surface area contributed by atoms with E-state index in [4.69, 9.17) is 9.47 Å². The van der Waals surface area contributed by atoms with Gasteiger partial charge in [0.15, 0.2) is 11.5 Å². The number of amides is 2. The van der Waals surface area contributed by atoms with Gasteiger partial charge < -0.3 is 14.8 Å². The van der Waals surface area contributed by atoms with Crippen molar-refractivity contribution >= 4 is 17.5 Å². The molecule has 6 nitrogen and oxygen atoms in total. The number of nitrogens with one attached hydrogen (secondary N) is 1. The van der Waals surface area contributed by atoms with E-state index < -0.39 is 6.04 Å². The summed E-state index contributed by atoms with van der Waals surface area (Å²) in [6.07, 6.45) is 1.18. The summed E-state index contributed by atoms with van der Waals surface area (Å²) in [5.41, 5.74) is 1.17. The average molecular weight is 384 g/mol. The fraction of sp³-hybridized carbons (Fsp3) is 0.333. The van der Waals surface area contributed by atoms with Crippen molar-refractivity contribution in [1.82, 2.24) is 4.90 Å². The van der Waals surface area contributed by atoms with Gasteiger partial charge in [0, 0.05) is 24.7 Å². The van der Waals surface area contributed by atoms with Gasteiger partial charge in [0.1, 0.15) is 11.9 Å². The number of rotatable bonds is 5. The molecule has 146 valence electrons. The lowest BCUT2D eigenvalue weighted by atomic mass is 10.1. The van der Waals surface area contributed by atoms with Crippen LogP contribution in [-0.2, 0) is 16.0 Å². The summed E-state index contributed by atoms with van der Waals surface area (Å²) in [5, 5.41) is 3.11. The van der Waals surface area contributed by atoms with Gasteiger partial charge in [-0.1, -0.05) is 18.2 Å². The van der Waals surface area contributed by atoms with Gasteiger partial charge in [-0.05, 0) is 30.2 Å². The molecule has 4 rings (SSSR count). The van der Waals surface area contributed by atoms with Crippen molar-refractivity contribution in [3.8, 4) is 11.5 Å². The van der Waals surface area contributed by atoms with Crippen molar-refractivity contribution < 1.29 is 23.5 Å². The van der Waals surface area contributed by atoms with Crippen LogP contribution in [-0.4, -0.2) is 42.5 Å². The number of imide groups is 1. The minimum atomic E-state index is -0.641. The third kappa shape index (κ3) is 3.78.